The maximum Gasteiger partial charge on any atom is 0.409 e. The first-order chi connectivity index (χ1) is 21.4. The summed E-state index contributed by atoms with van der Waals surface area (Å²) in [6, 6.07) is 2.30. The zero-order valence-corrected chi connectivity index (χ0v) is 25.5. The number of aliphatic hydroxyl groups is 1. The minimum absolute atomic E-state index is 0.00159. The number of carbonyl (C=O) groups excluding carboxylic acids is 2. The summed E-state index contributed by atoms with van der Waals surface area (Å²) < 4.78 is 22.4. The van der Waals surface area contributed by atoms with E-state index in [1.54, 1.807) is 15.5 Å². The Labute approximate surface area is 260 Å². The highest BCUT2D eigenvalue weighted by Gasteiger charge is 2.59. The quantitative estimate of drug-likeness (QED) is 0.271. The van der Waals surface area contributed by atoms with E-state index < -0.39 is 58.8 Å². The Morgan fingerprint density at radius 2 is 1.78 bits per heavy atom. The van der Waals surface area contributed by atoms with Gasteiger partial charge in [-0.25, -0.2) is 18.8 Å². The lowest BCUT2D eigenvalue weighted by molar-refractivity contribution is -0.163. The van der Waals surface area contributed by atoms with Gasteiger partial charge in [-0.1, -0.05) is 6.92 Å². The van der Waals surface area contributed by atoms with Crippen molar-refractivity contribution < 1.29 is 43.6 Å². The number of amides is 2. The molecule has 2 amide bonds. The van der Waals surface area contributed by atoms with Gasteiger partial charge in [-0.05, 0) is 31.9 Å². The number of rotatable bonds is 9. The van der Waals surface area contributed by atoms with Crippen LogP contribution in [-0.4, -0.2) is 104 Å². The normalized spacial score (nSPS) is 23.7. The van der Waals surface area contributed by atoms with Crippen LogP contribution in [-0.2, 0) is 14.3 Å². The van der Waals surface area contributed by atoms with Crippen LogP contribution in [0.4, 0.5) is 14.9 Å². The number of benzene rings is 1. The zero-order chi connectivity index (χ0) is 32.3. The first kappa shape index (κ1) is 30.9. The van der Waals surface area contributed by atoms with Gasteiger partial charge in [0, 0.05) is 60.4 Å². The average Bonchev–Trinajstić information content (AvgIpc) is 3.80. The Morgan fingerprint density at radius 1 is 1.09 bits per heavy atom. The van der Waals surface area contributed by atoms with E-state index in [0.29, 0.717) is 23.5 Å². The number of fused-ring (bicyclic) bond motifs is 2. The van der Waals surface area contributed by atoms with Gasteiger partial charge in [0.1, 0.15) is 23.7 Å². The summed E-state index contributed by atoms with van der Waals surface area (Å²) in [5.74, 6) is -4.30. The molecule has 3 aliphatic heterocycles. The van der Waals surface area contributed by atoms with E-state index in [-0.39, 0.29) is 54.2 Å². The molecule has 1 aromatic heterocycles. The van der Waals surface area contributed by atoms with Gasteiger partial charge in [-0.3, -0.25) is 9.59 Å². The van der Waals surface area contributed by atoms with Gasteiger partial charge in [0.25, 0.3) is 0 Å². The van der Waals surface area contributed by atoms with Crippen molar-refractivity contribution in [3.63, 3.8) is 0 Å². The van der Waals surface area contributed by atoms with Crippen LogP contribution in [0, 0.1) is 17.7 Å². The molecule has 45 heavy (non-hydrogen) atoms. The highest BCUT2D eigenvalue weighted by Crippen LogP contribution is 2.50. The van der Waals surface area contributed by atoms with Crippen molar-refractivity contribution in [3.05, 3.63) is 50.5 Å². The van der Waals surface area contributed by atoms with Crippen molar-refractivity contribution in [1.29, 1.82) is 0 Å². The number of carbonyl (C=O) groups is 4. The van der Waals surface area contributed by atoms with Crippen LogP contribution >= 0.6 is 11.8 Å². The number of aliphatic carboxylic acids is 1. The summed E-state index contributed by atoms with van der Waals surface area (Å²) >= 11 is 1.21. The van der Waals surface area contributed by atoms with Gasteiger partial charge in [-0.15, -0.1) is 11.8 Å². The molecular weight excluding hydrogens is 611 g/mol. The Hall–Kier alpha value is -4.11. The average molecular weight is 645 g/mol. The number of aliphatic hydroxyl groups excluding tert-OH is 1. The molecular formula is C30H33FN4O9S. The number of aromatic carboxylic acids is 1. The lowest BCUT2D eigenvalue weighted by Gasteiger charge is -2.46. The minimum atomic E-state index is -1.36. The van der Waals surface area contributed by atoms with Crippen molar-refractivity contribution in [3.8, 4) is 0 Å². The minimum Gasteiger partial charge on any atom is -0.477 e. The van der Waals surface area contributed by atoms with Gasteiger partial charge < -0.3 is 39.3 Å². The number of β-lactam (4-membered cyclic amide) rings is 1. The Morgan fingerprint density at radius 3 is 2.38 bits per heavy atom. The number of halogens is 1. The van der Waals surface area contributed by atoms with Gasteiger partial charge in [0.05, 0.1) is 29.3 Å². The van der Waals surface area contributed by atoms with E-state index in [9.17, 15) is 39.3 Å². The number of anilines is 1. The maximum absolute atomic E-state index is 15.3. The van der Waals surface area contributed by atoms with E-state index in [1.807, 2.05) is 6.92 Å². The lowest BCUT2D eigenvalue weighted by atomic mass is 9.79. The maximum atomic E-state index is 15.3. The first-order valence-electron chi connectivity index (χ1n) is 14.8. The van der Waals surface area contributed by atoms with E-state index in [0.717, 1.165) is 18.9 Å². The monoisotopic (exact) mass is 644 g/mol. The number of hydrogen-bond donors (Lipinski definition) is 3. The third kappa shape index (κ3) is 5.31. The van der Waals surface area contributed by atoms with Crippen molar-refractivity contribution in [2.24, 2.45) is 11.8 Å². The summed E-state index contributed by atoms with van der Waals surface area (Å²) in [4.78, 5) is 66.6. The zero-order valence-electron chi connectivity index (χ0n) is 24.6. The summed E-state index contributed by atoms with van der Waals surface area (Å²) in [7, 11) is 0. The largest absolute Gasteiger partial charge is 0.477 e. The van der Waals surface area contributed by atoms with Gasteiger partial charge >= 0.3 is 18.0 Å². The third-order valence-corrected chi connectivity index (χ3v) is 10.3. The number of pyridine rings is 1. The number of hydrogen-bond acceptors (Lipinski definition) is 9. The first-order valence-corrected chi connectivity index (χ1v) is 15.8. The predicted octanol–water partition coefficient (Wildman–Crippen LogP) is 2.32. The molecule has 2 aromatic rings. The van der Waals surface area contributed by atoms with E-state index in [2.05, 4.69) is 0 Å². The second-order valence-electron chi connectivity index (χ2n) is 11.8. The standard InChI is InChI=1S/C30H33FN4O9S/c1-14-23-22(15(2)36)27(38)35(23)24(29(41)42)26(14)45-10-9-44-30(43)33-7-5-32(6-8-33)21-12-20-17(11-19(21)31)25(37)18(28(39)40)13-34(20)16-3-4-16/h11-16,22-23,36H,3-10H2,1-2H3,(H,39,40)(H,41,42)/t14-,15-,22-,23-/m1/s1. The highest BCUT2D eigenvalue weighted by molar-refractivity contribution is 8.03. The van der Waals surface area contributed by atoms with Crippen molar-refractivity contribution in [2.75, 3.05) is 43.4 Å². The number of aromatic nitrogens is 1. The number of ether oxygens (including phenoxy) is 1. The van der Waals surface area contributed by atoms with E-state index in [1.165, 1.54) is 34.7 Å². The number of carboxylic acids is 2. The Kier molecular flexibility index (Phi) is 8.01. The number of piperazine rings is 1. The smallest absolute Gasteiger partial charge is 0.409 e. The van der Waals surface area contributed by atoms with Crippen LogP contribution in [0.2, 0.25) is 0 Å². The molecule has 0 bridgehead atoms. The summed E-state index contributed by atoms with van der Waals surface area (Å²) in [6.45, 7) is 4.44. The molecule has 1 saturated carbocycles. The van der Waals surface area contributed by atoms with E-state index in [4.69, 9.17) is 4.74 Å². The molecule has 3 N–H and O–H groups in total. The fourth-order valence-corrected chi connectivity index (χ4v) is 7.74. The van der Waals surface area contributed by atoms with Crippen LogP contribution in [0.1, 0.15) is 43.1 Å². The second kappa shape index (κ2) is 11.7. The number of nitrogens with zero attached hydrogens (tertiary/aromatic N) is 4. The van der Waals surface area contributed by atoms with Gasteiger partial charge in [-0.2, -0.15) is 0 Å². The Balaban J connectivity index is 1.06. The molecule has 6 rings (SSSR count). The fourth-order valence-electron chi connectivity index (χ4n) is 6.63. The molecule has 0 unspecified atom stereocenters. The molecule has 4 atom stereocenters. The van der Waals surface area contributed by atoms with Crippen LogP contribution in [0.5, 0.6) is 0 Å². The molecule has 0 radical (unpaired) electrons. The summed E-state index contributed by atoms with van der Waals surface area (Å²) in [6.07, 6.45) is 1.55. The topological polar surface area (TPSA) is 170 Å². The number of thioether (sulfide) groups is 1. The van der Waals surface area contributed by atoms with Gasteiger partial charge in [0.15, 0.2) is 0 Å². The van der Waals surface area contributed by atoms with Crippen molar-refractivity contribution in [1.82, 2.24) is 14.4 Å². The SMILES string of the molecule is C[C@@H](O)[C@H]1C(=O)N2C(C(=O)O)=C(SCCOC(=O)N3CCN(c4cc5c(cc4F)c(=O)c(C(=O)O)cn5C4CC4)CC3)[C@H](C)[C@H]12. The third-order valence-electron chi connectivity index (χ3n) is 9.03. The molecule has 4 aliphatic rings. The van der Waals surface area contributed by atoms with Crippen LogP contribution in [0.15, 0.2) is 33.7 Å². The molecule has 3 fully saturated rings. The second-order valence-corrected chi connectivity index (χ2v) is 13.0. The summed E-state index contributed by atoms with van der Waals surface area (Å²) in [5, 5.41) is 29.2. The van der Waals surface area contributed by atoms with Crippen LogP contribution in [0.3, 0.4) is 0 Å². The molecule has 1 aliphatic carbocycles. The van der Waals surface area contributed by atoms with Gasteiger partial charge in [0.2, 0.25) is 11.3 Å². The number of carboxylic acid groups (broad SMARTS) is 2. The van der Waals surface area contributed by atoms with Crippen LogP contribution < -0.4 is 10.3 Å². The highest BCUT2D eigenvalue weighted by atomic mass is 32.2. The molecule has 13 nitrogen and oxygen atoms in total. The molecule has 1 aromatic carbocycles. The predicted molar refractivity (Wildman–Crippen MR) is 161 cm³/mol. The van der Waals surface area contributed by atoms with Crippen LogP contribution in [0.25, 0.3) is 10.9 Å². The molecule has 240 valence electrons. The Bertz CT molecular complexity index is 1700. The lowest BCUT2D eigenvalue weighted by Crippen LogP contribution is -2.63. The van der Waals surface area contributed by atoms with Crippen molar-refractivity contribution in [2.45, 2.75) is 44.9 Å². The van der Waals surface area contributed by atoms with E-state index >= 15 is 4.39 Å². The van der Waals surface area contributed by atoms with Crippen molar-refractivity contribution >= 4 is 52.3 Å². The molecule has 2 saturated heterocycles. The molecule has 15 heteroatoms. The fraction of sp³-hybridized carbons (Fsp3) is 0.500. The summed E-state index contributed by atoms with van der Waals surface area (Å²) in [5.41, 5.74) is -0.478. The molecule has 0 spiro atoms. The molecule has 4 heterocycles.